The fourth-order valence-electron chi connectivity index (χ4n) is 3.95. The molecule has 7 heteroatoms. The molecule has 5 rings (SSSR count). The number of para-hydroxylation sites is 1. The van der Waals surface area contributed by atoms with Gasteiger partial charge in [-0.3, -0.25) is 0 Å². The largest absolute Gasteiger partial charge is 0.497 e. The number of rotatable bonds is 7. The highest BCUT2D eigenvalue weighted by atomic mass is 16.5. The van der Waals surface area contributed by atoms with Gasteiger partial charge in [-0.1, -0.05) is 35.5 Å². The van der Waals surface area contributed by atoms with E-state index in [0.29, 0.717) is 24.1 Å². The highest BCUT2D eigenvalue weighted by Gasteiger charge is 2.20. The zero-order valence-electron chi connectivity index (χ0n) is 17.9. The number of aryl methyl sites for hydroxylation is 1. The van der Waals surface area contributed by atoms with E-state index in [-0.39, 0.29) is 5.92 Å². The average Bonchev–Trinajstić information content (AvgIpc) is 3.46. The predicted molar refractivity (Wildman–Crippen MR) is 124 cm³/mol. The van der Waals surface area contributed by atoms with Crippen molar-refractivity contribution in [1.82, 2.24) is 20.1 Å². The van der Waals surface area contributed by atoms with Gasteiger partial charge in [-0.25, -0.2) is 4.98 Å². The average molecular weight is 425 g/mol. The minimum Gasteiger partial charge on any atom is -0.497 e. The van der Waals surface area contributed by atoms with E-state index >= 15 is 0 Å². The van der Waals surface area contributed by atoms with Crippen LogP contribution < -0.4 is 10.1 Å². The van der Waals surface area contributed by atoms with Crippen LogP contribution in [-0.2, 0) is 0 Å². The highest BCUT2D eigenvalue weighted by molar-refractivity contribution is 5.84. The molecule has 32 heavy (non-hydrogen) atoms. The molecule has 0 saturated carbocycles. The molecule has 7 nitrogen and oxygen atoms in total. The number of benzene rings is 2. The Morgan fingerprint density at radius 3 is 2.69 bits per heavy atom. The number of ether oxygens (including phenoxy) is 1. The van der Waals surface area contributed by atoms with Gasteiger partial charge < -0.3 is 19.6 Å². The second-order valence-electron chi connectivity index (χ2n) is 7.54. The van der Waals surface area contributed by atoms with Crippen LogP contribution in [0.2, 0.25) is 0 Å². The molecule has 0 aliphatic heterocycles. The molecule has 160 valence electrons. The van der Waals surface area contributed by atoms with Crippen molar-refractivity contribution in [2.45, 2.75) is 12.8 Å². The number of H-pyrrole nitrogens is 1. The first-order valence-electron chi connectivity index (χ1n) is 10.4. The van der Waals surface area contributed by atoms with Crippen LogP contribution in [0.4, 0.5) is 5.82 Å². The molecule has 1 unspecified atom stereocenters. The van der Waals surface area contributed by atoms with E-state index in [4.69, 9.17) is 9.26 Å². The number of hydrogen-bond donors (Lipinski definition) is 2. The van der Waals surface area contributed by atoms with E-state index in [1.165, 1.54) is 16.5 Å². The molecule has 3 heterocycles. The maximum atomic E-state index is 5.38. The van der Waals surface area contributed by atoms with Crippen molar-refractivity contribution in [3.8, 4) is 17.2 Å². The number of anilines is 1. The van der Waals surface area contributed by atoms with Gasteiger partial charge in [0.15, 0.2) is 5.82 Å². The summed E-state index contributed by atoms with van der Waals surface area (Å²) in [7, 11) is 1.68. The van der Waals surface area contributed by atoms with Crippen LogP contribution in [0.5, 0.6) is 5.75 Å². The van der Waals surface area contributed by atoms with E-state index in [1.807, 2.05) is 30.3 Å². The monoisotopic (exact) mass is 425 g/mol. The van der Waals surface area contributed by atoms with Crippen molar-refractivity contribution < 1.29 is 9.26 Å². The summed E-state index contributed by atoms with van der Waals surface area (Å²) in [5.74, 6) is 2.65. The van der Waals surface area contributed by atoms with Crippen molar-refractivity contribution in [2.24, 2.45) is 0 Å². The third-order valence-electron chi connectivity index (χ3n) is 5.55. The Labute approximate surface area is 185 Å². The minimum absolute atomic E-state index is 0.0799. The molecule has 2 N–H and O–H groups in total. The molecular formula is C25H23N5O2. The Kier molecular flexibility index (Phi) is 5.29. The van der Waals surface area contributed by atoms with Crippen LogP contribution >= 0.6 is 0 Å². The molecule has 0 bridgehead atoms. The maximum Gasteiger partial charge on any atom is 0.261 e. The first-order chi connectivity index (χ1) is 15.7. The Hall–Kier alpha value is -4.13. The lowest BCUT2D eigenvalue weighted by Gasteiger charge is -2.19. The van der Waals surface area contributed by atoms with E-state index in [2.05, 4.69) is 62.0 Å². The molecule has 0 aliphatic carbocycles. The predicted octanol–water partition coefficient (Wildman–Crippen LogP) is 5.17. The van der Waals surface area contributed by atoms with E-state index < -0.39 is 0 Å². The molecule has 2 aromatic carbocycles. The summed E-state index contributed by atoms with van der Waals surface area (Å²) < 4.78 is 10.7. The third-order valence-corrected chi connectivity index (χ3v) is 5.55. The molecule has 0 amide bonds. The standard InChI is InChI=1S/C25H23N5O2/c1-16-29-25(32-30-16)20-7-5-13-26-24(20)28-14-21(17-9-11-18(31-2)12-10-17)22-15-27-23-8-4-3-6-19(22)23/h3-13,15,21,27H,14H2,1-2H3,(H,26,28). The third kappa shape index (κ3) is 3.80. The fourth-order valence-corrected chi connectivity index (χ4v) is 3.95. The van der Waals surface area contributed by atoms with Crippen molar-refractivity contribution in [3.63, 3.8) is 0 Å². The molecule has 5 aromatic rings. The molecule has 0 fully saturated rings. The number of aromatic amines is 1. The van der Waals surface area contributed by atoms with Gasteiger partial charge in [0.05, 0.1) is 12.7 Å². The number of fused-ring (bicyclic) bond motifs is 1. The van der Waals surface area contributed by atoms with Crippen molar-refractivity contribution >= 4 is 16.7 Å². The molecule has 0 aliphatic rings. The first-order valence-corrected chi connectivity index (χ1v) is 10.4. The Balaban J connectivity index is 1.51. The zero-order chi connectivity index (χ0) is 21.9. The smallest absolute Gasteiger partial charge is 0.261 e. The van der Waals surface area contributed by atoms with Gasteiger partial charge in [0, 0.05) is 35.8 Å². The van der Waals surface area contributed by atoms with Crippen LogP contribution in [0, 0.1) is 6.92 Å². The van der Waals surface area contributed by atoms with Gasteiger partial charge in [-0.2, -0.15) is 4.98 Å². The van der Waals surface area contributed by atoms with Crippen LogP contribution in [-0.4, -0.2) is 33.8 Å². The van der Waals surface area contributed by atoms with Gasteiger partial charge in [0.2, 0.25) is 0 Å². The number of aromatic nitrogens is 4. The fraction of sp³-hybridized carbons (Fsp3) is 0.160. The summed E-state index contributed by atoms with van der Waals surface area (Å²) in [6.45, 7) is 2.43. The van der Waals surface area contributed by atoms with Gasteiger partial charge in [0.1, 0.15) is 11.6 Å². The van der Waals surface area contributed by atoms with E-state index in [9.17, 15) is 0 Å². The zero-order valence-corrected chi connectivity index (χ0v) is 17.9. The lowest BCUT2D eigenvalue weighted by atomic mass is 9.90. The highest BCUT2D eigenvalue weighted by Crippen LogP contribution is 2.33. The summed E-state index contributed by atoms with van der Waals surface area (Å²) >= 11 is 0. The second-order valence-corrected chi connectivity index (χ2v) is 7.54. The normalized spacial score (nSPS) is 12.1. The summed E-state index contributed by atoms with van der Waals surface area (Å²) in [6.07, 6.45) is 3.84. The Morgan fingerprint density at radius 1 is 1.06 bits per heavy atom. The molecule has 0 spiro atoms. The maximum absolute atomic E-state index is 5.38. The lowest BCUT2D eigenvalue weighted by Crippen LogP contribution is -2.15. The van der Waals surface area contributed by atoms with Gasteiger partial charge in [0.25, 0.3) is 5.89 Å². The summed E-state index contributed by atoms with van der Waals surface area (Å²) in [6, 6.07) is 20.3. The van der Waals surface area contributed by atoms with E-state index in [1.54, 1.807) is 20.2 Å². The van der Waals surface area contributed by atoms with E-state index in [0.717, 1.165) is 16.8 Å². The molecule has 3 aromatic heterocycles. The van der Waals surface area contributed by atoms with Crippen molar-refractivity contribution in [3.05, 3.63) is 90.0 Å². The number of hydrogen-bond acceptors (Lipinski definition) is 6. The summed E-state index contributed by atoms with van der Waals surface area (Å²) in [5, 5.41) is 8.63. The molecule has 0 saturated heterocycles. The molecule has 1 atom stereocenters. The lowest BCUT2D eigenvalue weighted by molar-refractivity contribution is 0.414. The summed E-state index contributed by atoms with van der Waals surface area (Å²) in [4.78, 5) is 12.3. The van der Waals surface area contributed by atoms with Crippen LogP contribution in [0.3, 0.4) is 0 Å². The van der Waals surface area contributed by atoms with Gasteiger partial charge >= 0.3 is 0 Å². The van der Waals surface area contributed by atoms with Gasteiger partial charge in [-0.15, -0.1) is 0 Å². The van der Waals surface area contributed by atoms with Crippen molar-refractivity contribution in [1.29, 1.82) is 0 Å². The minimum atomic E-state index is 0.0799. The number of nitrogens with zero attached hydrogens (tertiary/aromatic N) is 3. The van der Waals surface area contributed by atoms with Crippen LogP contribution in [0.1, 0.15) is 22.9 Å². The molecular weight excluding hydrogens is 402 g/mol. The van der Waals surface area contributed by atoms with Crippen LogP contribution in [0.25, 0.3) is 22.4 Å². The Morgan fingerprint density at radius 2 is 1.91 bits per heavy atom. The molecule has 0 radical (unpaired) electrons. The number of nitrogens with one attached hydrogen (secondary N) is 2. The summed E-state index contributed by atoms with van der Waals surface area (Å²) in [5.41, 5.74) is 4.28. The van der Waals surface area contributed by atoms with Gasteiger partial charge in [-0.05, 0) is 48.4 Å². The SMILES string of the molecule is COc1ccc(C(CNc2ncccc2-c2nc(C)no2)c2c[nH]c3ccccc23)cc1. The second kappa shape index (κ2) is 8.55. The van der Waals surface area contributed by atoms with Crippen LogP contribution in [0.15, 0.2) is 77.6 Å². The Bertz CT molecular complexity index is 1340. The quantitative estimate of drug-likeness (QED) is 0.374. The van der Waals surface area contributed by atoms with Crippen molar-refractivity contribution in [2.75, 3.05) is 19.0 Å². The topological polar surface area (TPSA) is 88.9 Å². The number of pyridine rings is 1. The number of methoxy groups -OCH3 is 1. The first kappa shape index (κ1) is 19.8.